The van der Waals surface area contributed by atoms with Crippen molar-refractivity contribution in [3.8, 4) is 0 Å². The number of hydrogen-bond acceptors (Lipinski definition) is 11. The summed E-state index contributed by atoms with van der Waals surface area (Å²) in [6, 6.07) is 49.6. The number of ketones is 2. The first-order valence-corrected chi connectivity index (χ1v) is 27.0. The fourth-order valence-electron chi connectivity index (χ4n) is 11.2. The summed E-state index contributed by atoms with van der Waals surface area (Å²) in [6.45, 7) is 4.98. The van der Waals surface area contributed by atoms with Crippen molar-refractivity contribution in [3.63, 3.8) is 0 Å². The Morgan fingerprint density at radius 2 is 0.846 bits per heavy atom. The van der Waals surface area contributed by atoms with Gasteiger partial charge in [0.2, 0.25) is 10.0 Å². The van der Waals surface area contributed by atoms with Gasteiger partial charge in [-0.15, -0.1) is 0 Å². The molecule has 78 heavy (non-hydrogen) atoms. The van der Waals surface area contributed by atoms with Gasteiger partial charge in [-0.3, -0.25) is 44.8 Å². The van der Waals surface area contributed by atoms with E-state index >= 15 is 0 Å². The van der Waals surface area contributed by atoms with Crippen LogP contribution in [-0.2, 0) is 26.2 Å². The van der Waals surface area contributed by atoms with Gasteiger partial charge in [0.1, 0.15) is 0 Å². The molecule has 11 rings (SSSR count). The highest BCUT2D eigenvalue weighted by Gasteiger charge is 2.56. The number of carbonyl (C=O) groups excluding carboxylic acids is 2. The van der Waals surface area contributed by atoms with E-state index in [0.717, 1.165) is 54.7 Å². The number of aryl methyl sites for hydroxylation is 1. The number of nitro benzene ring substituents is 3. The van der Waals surface area contributed by atoms with Crippen molar-refractivity contribution < 1.29 is 32.8 Å². The second-order valence-electron chi connectivity index (χ2n) is 20.1. The number of likely N-dealkylation sites (tertiary alicyclic amines) is 1. The minimum Gasteiger partial charge on any atom is -0.299 e. The van der Waals surface area contributed by atoms with Gasteiger partial charge in [0.15, 0.2) is 11.6 Å². The van der Waals surface area contributed by atoms with Crippen LogP contribution in [0, 0.1) is 48.1 Å². The third-order valence-corrected chi connectivity index (χ3v) is 17.5. The second kappa shape index (κ2) is 21.7. The van der Waals surface area contributed by atoms with Crippen molar-refractivity contribution in [2.24, 2.45) is 10.8 Å². The summed E-state index contributed by atoms with van der Waals surface area (Å²) in [5.41, 5.74) is 7.18. The Bertz CT molecular complexity index is 3660. The second-order valence-corrected chi connectivity index (χ2v) is 22.1. The minimum absolute atomic E-state index is 0.00213. The monoisotopic (exact) mass is 1060 g/mol. The summed E-state index contributed by atoms with van der Waals surface area (Å²) in [7, 11) is -3.63. The van der Waals surface area contributed by atoms with Crippen LogP contribution >= 0.6 is 0 Å². The number of rotatable bonds is 11. The smallest absolute Gasteiger partial charge is 0.269 e. The lowest BCUT2D eigenvalue weighted by Crippen LogP contribution is -2.52. The van der Waals surface area contributed by atoms with E-state index < -0.39 is 35.6 Å². The molecule has 7 aromatic carbocycles. The Morgan fingerprint density at radius 3 is 1.27 bits per heavy atom. The van der Waals surface area contributed by atoms with Crippen LogP contribution in [0.15, 0.2) is 197 Å². The quantitative estimate of drug-likeness (QED) is 0.0677. The van der Waals surface area contributed by atoms with Gasteiger partial charge in [0.25, 0.3) is 17.1 Å². The number of sulfonamides is 1. The average molecular weight is 1060 g/mol. The van der Waals surface area contributed by atoms with Crippen LogP contribution in [-0.4, -0.2) is 70.1 Å². The highest BCUT2D eigenvalue weighted by Crippen LogP contribution is 2.58. The molecule has 2 spiro atoms. The first-order valence-electron chi connectivity index (χ1n) is 25.6. The van der Waals surface area contributed by atoms with Crippen LogP contribution in [0.25, 0.3) is 35.1 Å². The molecule has 0 atom stereocenters. The van der Waals surface area contributed by atoms with Crippen molar-refractivity contribution in [3.05, 3.63) is 256 Å². The zero-order valence-electron chi connectivity index (χ0n) is 42.6. The molecule has 16 heteroatoms. The number of Topliss-reactive ketones (excluding diaryl/α,β-unsaturated/α-hetero) is 2. The van der Waals surface area contributed by atoms with Gasteiger partial charge in [-0.2, -0.15) is 4.31 Å². The number of hydrogen-bond donors (Lipinski definition) is 0. The van der Waals surface area contributed by atoms with Crippen molar-refractivity contribution in [2.45, 2.75) is 44.0 Å². The normalized spacial score (nSPS) is 19.1. The van der Waals surface area contributed by atoms with Gasteiger partial charge in [0.05, 0.1) is 19.7 Å². The summed E-state index contributed by atoms with van der Waals surface area (Å²) in [5, 5.41) is 35.7. The number of allylic oxidation sites excluding steroid dienone is 4. The Kier molecular flexibility index (Phi) is 14.6. The fourth-order valence-corrected chi connectivity index (χ4v) is 12.7. The number of nitrogens with zero attached hydrogens (tertiary/aromatic N) is 5. The van der Waals surface area contributed by atoms with E-state index in [1.807, 2.05) is 55.5 Å². The zero-order valence-corrected chi connectivity index (χ0v) is 43.4. The lowest BCUT2D eigenvalue weighted by atomic mass is 9.54. The predicted molar refractivity (Wildman–Crippen MR) is 300 cm³/mol. The lowest BCUT2D eigenvalue weighted by Gasteiger charge is -2.51. The van der Waals surface area contributed by atoms with Crippen LogP contribution in [0.2, 0.25) is 0 Å². The Hall–Kier alpha value is -8.83. The summed E-state index contributed by atoms with van der Waals surface area (Å²) in [5.74, 6) is -0.123. The predicted octanol–water partition coefficient (Wildman–Crippen LogP) is 12.4. The van der Waals surface area contributed by atoms with E-state index in [1.165, 1.54) is 57.0 Å². The average Bonchev–Trinajstić information content (AvgIpc) is 3.60. The first-order chi connectivity index (χ1) is 37.5. The van der Waals surface area contributed by atoms with Crippen LogP contribution in [0.5, 0.6) is 0 Å². The molecule has 0 amide bonds. The first kappa shape index (κ1) is 52.6. The maximum atomic E-state index is 13.5. The van der Waals surface area contributed by atoms with Crippen LogP contribution in [0.1, 0.15) is 59.1 Å². The summed E-state index contributed by atoms with van der Waals surface area (Å²) in [6.07, 6.45) is 9.88. The molecule has 2 saturated carbocycles. The molecule has 0 radical (unpaired) electrons. The van der Waals surface area contributed by atoms with Crippen molar-refractivity contribution >= 4 is 73.7 Å². The SMILES string of the molecule is Cc1ccc(/C=C2/C(=O)/C(=C/c3ccc([N+](=O)[O-])cc3)C23CCN(S(=O)(=O)c2ccccc2)CC3)cc1.O=C1/C(=C/c2ccc([N+](=O)[O-])cc2)C2(CCN(Cc3cccc4ccccc34)CC2)/C1=C\c1ccc([N+](=O)[O-])cc1. The number of fused-ring (bicyclic) bond motifs is 1. The Morgan fingerprint density at radius 1 is 0.474 bits per heavy atom. The number of non-ortho nitro benzene ring substituents is 3. The maximum absolute atomic E-state index is 13.5. The van der Waals surface area contributed by atoms with E-state index in [-0.39, 0.29) is 46.6 Å². The van der Waals surface area contributed by atoms with Gasteiger partial charge >= 0.3 is 0 Å². The molecule has 2 saturated heterocycles. The Balaban J connectivity index is 0.000000177. The fraction of sp³-hybridized carbons (Fsp3) is 0.194. The molecule has 2 aliphatic carbocycles. The number of carbonyl (C=O) groups is 2. The molecular formula is C62H53N5O10S. The van der Waals surface area contributed by atoms with Gasteiger partial charge in [-0.25, -0.2) is 8.42 Å². The number of benzene rings is 7. The third kappa shape index (κ3) is 10.4. The molecule has 15 nitrogen and oxygen atoms in total. The lowest BCUT2D eigenvalue weighted by molar-refractivity contribution is -0.385. The van der Waals surface area contributed by atoms with Gasteiger partial charge in [-0.05, 0) is 157 Å². The van der Waals surface area contributed by atoms with Crippen LogP contribution in [0.4, 0.5) is 17.1 Å². The Labute approximate surface area is 450 Å². The topological polar surface area (TPSA) is 204 Å². The molecule has 392 valence electrons. The zero-order chi connectivity index (χ0) is 54.8. The van der Waals surface area contributed by atoms with Crippen molar-refractivity contribution in [2.75, 3.05) is 26.2 Å². The highest BCUT2D eigenvalue weighted by molar-refractivity contribution is 7.89. The number of nitro groups is 3. The van der Waals surface area contributed by atoms with Gasteiger partial charge in [0, 0.05) is 89.2 Å². The summed E-state index contributed by atoms with van der Waals surface area (Å²) in [4.78, 5) is 61.5. The van der Waals surface area contributed by atoms with E-state index in [0.29, 0.717) is 40.7 Å². The molecule has 0 aromatic heterocycles. The largest absolute Gasteiger partial charge is 0.299 e. The minimum atomic E-state index is -3.63. The van der Waals surface area contributed by atoms with E-state index in [9.17, 15) is 48.3 Å². The van der Waals surface area contributed by atoms with Crippen molar-refractivity contribution in [1.29, 1.82) is 0 Å². The summed E-state index contributed by atoms with van der Waals surface area (Å²) >= 11 is 0. The molecule has 0 bridgehead atoms. The molecule has 0 unspecified atom stereocenters. The molecule has 7 aromatic rings. The van der Waals surface area contributed by atoms with Crippen LogP contribution < -0.4 is 0 Å². The molecule has 0 N–H and O–H groups in total. The molecule has 4 aliphatic rings. The number of piperidine rings is 2. The molecule has 2 aliphatic heterocycles. The maximum Gasteiger partial charge on any atom is 0.269 e. The van der Waals surface area contributed by atoms with Gasteiger partial charge < -0.3 is 0 Å². The van der Waals surface area contributed by atoms with E-state index in [1.54, 1.807) is 72.8 Å². The van der Waals surface area contributed by atoms with Gasteiger partial charge in [-0.1, -0.05) is 90.5 Å². The molecule has 4 fully saturated rings. The highest BCUT2D eigenvalue weighted by atomic mass is 32.2. The molecular weight excluding hydrogens is 1010 g/mol. The molecule has 2 heterocycles. The van der Waals surface area contributed by atoms with Crippen molar-refractivity contribution in [1.82, 2.24) is 9.21 Å². The van der Waals surface area contributed by atoms with E-state index in [2.05, 4.69) is 41.3 Å². The summed E-state index contributed by atoms with van der Waals surface area (Å²) < 4.78 is 27.9. The standard InChI is InChI=1S/C33H27N3O5.C29H26N2O5S/c37-32-30(20-23-8-12-27(13-9-23)35(38)39)33(31(32)21-24-10-14-28(15-11-24)36(40)41)16-18-34(19-17-33)22-26-6-3-5-25-4-1-2-7-29(25)26;1-21-7-9-22(10-8-21)19-26-28(32)27(20-23-11-13-24(14-12-23)31(33)34)29(26)15-17-30(18-16-29)37(35,36)25-5-3-2-4-6-25/h1-15,20-21H,16-19,22H2;2-14,19-20H,15-18H2,1H3/b30-20-,31-21-;26-19-,27-20-. The third-order valence-electron chi connectivity index (χ3n) is 15.6. The van der Waals surface area contributed by atoms with E-state index in [4.69, 9.17) is 0 Å². The van der Waals surface area contributed by atoms with Crippen LogP contribution in [0.3, 0.4) is 0 Å².